The molecular weight excluding hydrogens is 420 g/mol. The Morgan fingerprint density at radius 3 is 2.18 bits per heavy atom. The number of hydrogen-bond donors (Lipinski definition) is 5. The Morgan fingerprint density at radius 1 is 0.939 bits per heavy atom. The molecule has 1 saturated carbocycles. The van der Waals surface area contributed by atoms with Gasteiger partial charge in [-0.15, -0.1) is 0 Å². The van der Waals surface area contributed by atoms with Gasteiger partial charge in [0.1, 0.15) is 6.04 Å². The summed E-state index contributed by atoms with van der Waals surface area (Å²) in [6.45, 7) is -0.0305. The molecule has 1 aliphatic rings. The van der Waals surface area contributed by atoms with Crippen LogP contribution in [0.4, 0.5) is 0 Å². The first-order valence-electron chi connectivity index (χ1n) is 10.5. The van der Waals surface area contributed by atoms with Crippen molar-refractivity contribution in [1.29, 1.82) is 0 Å². The predicted octanol–water partition coefficient (Wildman–Crippen LogP) is 0.562. The number of rotatable bonds is 8. The Kier molecular flexibility index (Phi) is 8.61. The third-order valence-electron chi connectivity index (χ3n) is 4.76. The van der Waals surface area contributed by atoms with Gasteiger partial charge >= 0.3 is 0 Å². The van der Waals surface area contributed by atoms with Crippen molar-refractivity contribution in [2.45, 2.75) is 24.9 Å². The number of carbonyl (C=O) groups is 3. The lowest BCUT2D eigenvalue weighted by Gasteiger charge is -2.17. The summed E-state index contributed by atoms with van der Waals surface area (Å²) in [4.78, 5) is 36.3. The zero-order valence-electron chi connectivity index (χ0n) is 17.9. The Bertz CT molecular complexity index is 1100. The van der Waals surface area contributed by atoms with Crippen LogP contribution in [0, 0.1) is 23.7 Å². The standard InChI is InChI=1S/C25H24N4O4/c30-23(17-26-21-14-15-21)27-16-22(25(32)29-33)28-24(31)20-12-10-19(11-13-20)9-5-4-8-18-6-2-1-3-7-18/h1-3,6-7,10-13,21-22,26,33H,14-17H2,(H,27,30)(H,28,31)(H,29,32)/t22-/m0/s1. The molecule has 0 unspecified atom stereocenters. The number of benzene rings is 2. The summed E-state index contributed by atoms with van der Waals surface area (Å²) in [5.41, 5.74) is 3.35. The Balaban J connectivity index is 1.53. The van der Waals surface area contributed by atoms with Gasteiger partial charge in [0.25, 0.3) is 11.8 Å². The molecule has 5 N–H and O–H groups in total. The number of hydroxylamine groups is 1. The SMILES string of the molecule is O=C(CNC1CC1)NC[C@H](NC(=O)c1ccc(C#CC#Cc2ccccc2)cc1)C(=O)NO. The van der Waals surface area contributed by atoms with Crippen molar-refractivity contribution in [2.24, 2.45) is 0 Å². The second-order valence-corrected chi connectivity index (χ2v) is 7.40. The lowest BCUT2D eigenvalue weighted by atomic mass is 10.1. The van der Waals surface area contributed by atoms with Crippen molar-refractivity contribution < 1.29 is 19.6 Å². The highest BCUT2D eigenvalue weighted by Crippen LogP contribution is 2.17. The molecular formula is C25H24N4O4. The number of carbonyl (C=O) groups excluding carboxylic acids is 3. The first-order chi connectivity index (χ1) is 16.0. The van der Waals surface area contributed by atoms with Gasteiger partial charge in [-0.2, -0.15) is 0 Å². The van der Waals surface area contributed by atoms with Crippen LogP contribution in [0.25, 0.3) is 0 Å². The van der Waals surface area contributed by atoms with E-state index in [2.05, 4.69) is 39.6 Å². The molecule has 8 heteroatoms. The highest BCUT2D eigenvalue weighted by molar-refractivity contribution is 5.97. The molecule has 3 rings (SSSR count). The zero-order chi connectivity index (χ0) is 23.5. The maximum Gasteiger partial charge on any atom is 0.267 e. The number of nitrogens with one attached hydrogen (secondary N) is 4. The van der Waals surface area contributed by atoms with E-state index in [-0.39, 0.29) is 19.0 Å². The predicted molar refractivity (Wildman–Crippen MR) is 122 cm³/mol. The van der Waals surface area contributed by atoms with E-state index < -0.39 is 17.9 Å². The van der Waals surface area contributed by atoms with Crippen LogP contribution < -0.4 is 21.4 Å². The molecule has 0 heterocycles. The Hall–Kier alpha value is -4.11. The van der Waals surface area contributed by atoms with E-state index in [4.69, 9.17) is 5.21 Å². The minimum atomic E-state index is -1.14. The van der Waals surface area contributed by atoms with E-state index in [0.717, 1.165) is 18.4 Å². The number of amides is 3. The zero-order valence-corrected chi connectivity index (χ0v) is 17.9. The summed E-state index contributed by atoms with van der Waals surface area (Å²) in [5, 5.41) is 17.1. The molecule has 0 aliphatic heterocycles. The Morgan fingerprint density at radius 2 is 1.58 bits per heavy atom. The van der Waals surface area contributed by atoms with Gasteiger partial charge in [-0.05, 0) is 61.1 Å². The summed E-state index contributed by atoms with van der Waals surface area (Å²) >= 11 is 0. The third kappa shape index (κ3) is 8.15. The Labute approximate surface area is 192 Å². The van der Waals surface area contributed by atoms with Crippen LogP contribution >= 0.6 is 0 Å². The molecule has 0 radical (unpaired) electrons. The first kappa shape index (κ1) is 23.6. The van der Waals surface area contributed by atoms with Crippen molar-refractivity contribution in [3.05, 3.63) is 71.3 Å². The molecule has 0 aromatic heterocycles. The van der Waals surface area contributed by atoms with Crippen LogP contribution in [-0.4, -0.2) is 48.1 Å². The van der Waals surface area contributed by atoms with E-state index in [1.807, 2.05) is 30.3 Å². The lowest BCUT2D eigenvalue weighted by molar-refractivity contribution is -0.131. The highest BCUT2D eigenvalue weighted by atomic mass is 16.5. The fourth-order valence-corrected chi connectivity index (χ4v) is 2.76. The summed E-state index contributed by atoms with van der Waals surface area (Å²) < 4.78 is 0. The summed E-state index contributed by atoms with van der Waals surface area (Å²) in [7, 11) is 0. The topological polar surface area (TPSA) is 120 Å². The molecule has 0 spiro atoms. The quantitative estimate of drug-likeness (QED) is 0.232. The van der Waals surface area contributed by atoms with Crippen LogP contribution in [0.5, 0.6) is 0 Å². The van der Waals surface area contributed by atoms with E-state index in [1.54, 1.807) is 24.3 Å². The van der Waals surface area contributed by atoms with Crippen molar-refractivity contribution in [3.8, 4) is 23.7 Å². The average molecular weight is 444 g/mol. The maximum absolute atomic E-state index is 12.5. The molecule has 2 aromatic carbocycles. The molecule has 1 fully saturated rings. The summed E-state index contributed by atoms with van der Waals surface area (Å²) in [6.07, 6.45) is 2.09. The van der Waals surface area contributed by atoms with Gasteiger partial charge < -0.3 is 16.0 Å². The van der Waals surface area contributed by atoms with E-state index >= 15 is 0 Å². The minimum absolute atomic E-state index is 0.129. The molecule has 3 amide bonds. The van der Waals surface area contributed by atoms with Gasteiger partial charge in [-0.1, -0.05) is 30.0 Å². The van der Waals surface area contributed by atoms with Gasteiger partial charge in [0.15, 0.2) is 0 Å². The molecule has 1 atom stereocenters. The van der Waals surface area contributed by atoms with Crippen LogP contribution in [0.2, 0.25) is 0 Å². The molecule has 1 aliphatic carbocycles. The van der Waals surface area contributed by atoms with Crippen LogP contribution in [0.15, 0.2) is 54.6 Å². The van der Waals surface area contributed by atoms with Crippen molar-refractivity contribution in [1.82, 2.24) is 21.4 Å². The molecule has 0 saturated heterocycles. The largest absolute Gasteiger partial charge is 0.352 e. The van der Waals surface area contributed by atoms with Crippen molar-refractivity contribution >= 4 is 17.7 Å². The fourth-order valence-electron chi connectivity index (χ4n) is 2.76. The molecule has 0 bridgehead atoms. The summed E-state index contributed by atoms with van der Waals surface area (Å²) in [6, 6.07) is 15.2. The number of hydrogen-bond acceptors (Lipinski definition) is 5. The van der Waals surface area contributed by atoms with E-state index in [9.17, 15) is 14.4 Å². The van der Waals surface area contributed by atoms with E-state index in [1.165, 1.54) is 5.48 Å². The molecule has 33 heavy (non-hydrogen) atoms. The molecule has 168 valence electrons. The van der Waals surface area contributed by atoms with Gasteiger partial charge in [-0.25, -0.2) is 5.48 Å². The smallest absolute Gasteiger partial charge is 0.267 e. The van der Waals surface area contributed by atoms with E-state index in [0.29, 0.717) is 17.2 Å². The molecule has 8 nitrogen and oxygen atoms in total. The van der Waals surface area contributed by atoms with Crippen LogP contribution in [0.3, 0.4) is 0 Å². The van der Waals surface area contributed by atoms with Gasteiger partial charge in [0.2, 0.25) is 5.91 Å². The third-order valence-corrected chi connectivity index (χ3v) is 4.76. The van der Waals surface area contributed by atoms with Crippen molar-refractivity contribution in [3.63, 3.8) is 0 Å². The average Bonchev–Trinajstić information content (AvgIpc) is 3.68. The second kappa shape index (κ2) is 12.1. The summed E-state index contributed by atoms with van der Waals surface area (Å²) in [5.74, 6) is 9.71. The van der Waals surface area contributed by atoms with Gasteiger partial charge in [0, 0.05) is 29.3 Å². The normalized spacial score (nSPS) is 12.8. The second-order valence-electron chi connectivity index (χ2n) is 7.40. The lowest BCUT2D eigenvalue weighted by Crippen LogP contribution is -2.52. The van der Waals surface area contributed by atoms with Crippen LogP contribution in [-0.2, 0) is 9.59 Å². The maximum atomic E-state index is 12.5. The monoisotopic (exact) mass is 444 g/mol. The van der Waals surface area contributed by atoms with Gasteiger partial charge in [0.05, 0.1) is 6.54 Å². The first-order valence-corrected chi connectivity index (χ1v) is 10.5. The fraction of sp³-hybridized carbons (Fsp3) is 0.240. The van der Waals surface area contributed by atoms with Gasteiger partial charge in [-0.3, -0.25) is 19.6 Å². The van der Waals surface area contributed by atoms with Crippen LogP contribution in [0.1, 0.15) is 34.3 Å². The minimum Gasteiger partial charge on any atom is -0.352 e. The highest BCUT2D eigenvalue weighted by Gasteiger charge is 2.23. The van der Waals surface area contributed by atoms with Crippen molar-refractivity contribution in [2.75, 3.05) is 13.1 Å². The molecule has 2 aromatic rings.